The van der Waals surface area contributed by atoms with E-state index < -0.39 is 6.36 Å². The first-order valence-corrected chi connectivity index (χ1v) is 7.50. The lowest BCUT2D eigenvalue weighted by Crippen LogP contribution is -2.29. The molecule has 2 atom stereocenters. The average molecular weight is 301 g/mol. The van der Waals surface area contributed by atoms with Crippen LogP contribution in [0.5, 0.6) is 5.75 Å². The Morgan fingerprint density at radius 1 is 1.33 bits per heavy atom. The van der Waals surface area contributed by atoms with E-state index in [4.69, 9.17) is 0 Å². The van der Waals surface area contributed by atoms with Gasteiger partial charge >= 0.3 is 6.36 Å². The van der Waals surface area contributed by atoms with Gasteiger partial charge in [0.2, 0.25) is 0 Å². The highest BCUT2D eigenvalue weighted by molar-refractivity contribution is 5.31. The van der Waals surface area contributed by atoms with Crippen molar-refractivity contribution in [3.63, 3.8) is 0 Å². The molecule has 0 amide bonds. The molecule has 21 heavy (non-hydrogen) atoms. The Morgan fingerprint density at radius 3 is 2.62 bits per heavy atom. The predicted molar refractivity (Wildman–Crippen MR) is 76.0 cm³/mol. The largest absolute Gasteiger partial charge is 0.573 e. The van der Waals surface area contributed by atoms with Gasteiger partial charge in [-0.05, 0) is 55.3 Å². The Labute approximate surface area is 123 Å². The molecule has 0 spiro atoms. The van der Waals surface area contributed by atoms with Crippen LogP contribution in [-0.2, 0) is 0 Å². The molecule has 1 N–H and O–H groups in total. The lowest BCUT2D eigenvalue weighted by Gasteiger charge is -2.26. The second-order valence-corrected chi connectivity index (χ2v) is 5.75. The minimum Gasteiger partial charge on any atom is -0.406 e. The lowest BCUT2D eigenvalue weighted by atomic mass is 9.90. The molecule has 1 aliphatic carbocycles. The van der Waals surface area contributed by atoms with E-state index in [1.54, 1.807) is 6.07 Å². The van der Waals surface area contributed by atoms with E-state index in [0.717, 1.165) is 18.5 Å². The van der Waals surface area contributed by atoms with E-state index in [1.807, 2.05) is 6.07 Å². The van der Waals surface area contributed by atoms with Gasteiger partial charge in [-0.25, -0.2) is 0 Å². The summed E-state index contributed by atoms with van der Waals surface area (Å²) in [6, 6.07) is 6.41. The van der Waals surface area contributed by atoms with Gasteiger partial charge in [-0.2, -0.15) is 0 Å². The van der Waals surface area contributed by atoms with Crippen LogP contribution in [-0.4, -0.2) is 12.9 Å². The first-order chi connectivity index (χ1) is 9.90. The molecular weight excluding hydrogens is 279 g/mol. The minimum absolute atomic E-state index is 0.0780. The lowest BCUT2D eigenvalue weighted by molar-refractivity contribution is -0.274. The molecule has 0 heterocycles. The Balaban J connectivity index is 2.16. The van der Waals surface area contributed by atoms with Gasteiger partial charge in [-0.15, -0.1) is 13.2 Å². The van der Waals surface area contributed by atoms with E-state index in [1.165, 1.54) is 25.0 Å². The molecule has 5 heteroatoms. The fourth-order valence-corrected chi connectivity index (χ4v) is 2.71. The van der Waals surface area contributed by atoms with Crippen LogP contribution in [0, 0.1) is 11.8 Å². The number of hydrogen-bond acceptors (Lipinski definition) is 2. The summed E-state index contributed by atoms with van der Waals surface area (Å²) in [4.78, 5) is 0. The molecule has 2 rings (SSSR count). The third-order valence-electron chi connectivity index (χ3n) is 3.96. The maximum absolute atomic E-state index is 12.3. The van der Waals surface area contributed by atoms with E-state index in [0.29, 0.717) is 11.8 Å². The Morgan fingerprint density at radius 2 is 2.05 bits per heavy atom. The van der Waals surface area contributed by atoms with Crippen molar-refractivity contribution in [3.8, 4) is 5.75 Å². The van der Waals surface area contributed by atoms with Crippen LogP contribution in [0.2, 0.25) is 0 Å². The Hall–Kier alpha value is -1.23. The van der Waals surface area contributed by atoms with Crippen LogP contribution in [0.1, 0.15) is 44.7 Å². The van der Waals surface area contributed by atoms with Gasteiger partial charge in [0, 0.05) is 6.04 Å². The SMILES string of the molecule is CCCNC(c1cccc(OC(F)(F)F)c1)C(C)C1CC1. The molecule has 2 nitrogen and oxygen atoms in total. The summed E-state index contributed by atoms with van der Waals surface area (Å²) in [5, 5.41) is 3.46. The first-order valence-electron chi connectivity index (χ1n) is 7.50. The molecule has 2 unspecified atom stereocenters. The van der Waals surface area contributed by atoms with E-state index in [-0.39, 0.29) is 11.8 Å². The molecule has 0 aromatic heterocycles. The maximum Gasteiger partial charge on any atom is 0.573 e. The van der Waals surface area contributed by atoms with Gasteiger partial charge in [-0.3, -0.25) is 0 Å². The van der Waals surface area contributed by atoms with Crippen molar-refractivity contribution in [2.24, 2.45) is 11.8 Å². The van der Waals surface area contributed by atoms with Crippen molar-refractivity contribution in [1.82, 2.24) is 5.32 Å². The zero-order valence-corrected chi connectivity index (χ0v) is 12.4. The number of benzene rings is 1. The molecule has 1 saturated carbocycles. The van der Waals surface area contributed by atoms with Gasteiger partial charge in [0.15, 0.2) is 0 Å². The van der Waals surface area contributed by atoms with Crippen LogP contribution in [0.4, 0.5) is 13.2 Å². The number of alkyl halides is 3. The van der Waals surface area contributed by atoms with Crippen molar-refractivity contribution in [2.45, 2.75) is 45.5 Å². The van der Waals surface area contributed by atoms with Crippen molar-refractivity contribution < 1.29 is 17.9 Å². The van der Waals surface area contributed by atoms with E-state index in [9.17, 15) is 13.2 Å². The summed E-state index contributed by atoms with van der Waals surface area (Å²) in [6.07, 6.45) is -1.23. The second kappa shape index (κ2) is 6.69. The molecule has 0 aliphatic heterocycles. The first kappa shape index (κ1) is 16.1. The highest BCUT2D eigenvalue weighted by Gasteiger charge is 2.35. The number of rotatable bonds is 7. The van der Waals surface area contributed by atoms with Crippen molar-refractivity contribution >= 4 is 0 Å². The monoisotopic (exact) mass is 301 g/mol. The predicted octanol–water partition coefficient (Wildman–Crippen LogP) is 4.67. The average Bonchev–Trinajstić information content (AvgIpc) is 3.21. The highest BCUT2D eigenvalue weighted by atomic mass is 19.4. The summed E-state index contributed by atoms with van der Waals surface area (Å²) in [5.41, 5.74) is 0.865. The zero-order valence-electron chi connectivity index (χ0n) is 12.4. The number of nitrogens with one attached hydrogen (secondary N) is 1. The molecule has 1 aliphatic rings. The second-order valence-electron chi connectivity index (χ2n) is 5.75. The van der Waals surface area contributed by atoms with Crippen LogP contribution in [0.25, 0.3) is 0 Å². The fourth-order valence-electron chi connectivity index (χ4n) is 2.71. The zero-order chi connectivity index (χ0) is 15.5. The van der Waals surface area contributed by atoms with Gasteiger partial charge in [0.25, 0.3) is 0 Å². The summed E-state index contributed by atoms with van der Waals surface area (Å²) in [6.45, 7) is 5.10. The minimum atomic E-state index is -4.65. The van der Waals surface area contributed by atoms with Crippen LogP contribution in [0.15, 0.2) is 24.3 Å². The topological polar surface area (TPSA) is 21.3 Å². The van der Waals surface area contributed by atoms with E-state index >= 15 is 0 Å². The summed E-state index contributed by atoms with van der Waals surface area (Å²) >= 11 is 0. The normalized spacial score (nSPS) is 18.3. The van der Waals surface area contributed by atoms with E-state index in [2.05, 4.69) is 23.9 Å². The highest BCUT2D eigenvalue weighted by Crippen LogP contribution is 2.43. The molecular formula is C16H22F3NO. The van der Waals surface area contributed by atoms with Crippen LogP contribution >= 0.6 is 0 Å². The number of hydrogen-bond donors (Lipinski definition) is 1. The van der Waals surface area contributed by atoms with Gasteiger partial charge in [0.05, 0.1) is 0 Å². The smallest absolute Gasteiger partial charge is 0.406 e. The molecule has 118 valence electrons. The third kappa shape index (κ3) is 4.92. The van der Waals surface area contributed by atoms with Crippen molar-refractivity contribution in [1.29, 1.82) is 0 Å². The maximum atomic E-state index is 12.3. The molecule has 0 radical (unpaired) electrons. The Bertz CT molecular complexity index is 457. The number of ether oxygens (including phenoxy) is 1. The molecule has 1 aromatic rings. The van der Waals surface area contributed by atoms with Crippen LogP contribution < -0.4 is 10.1 Å². The van der Waals surface area contributed by atoms with Gasteiger partial charge in [-0.1, -0.05) is 26.0 Å². The molecule has 1 fully saturated rings. The summed E-state index contributed by atoms with van der Waals surface area (Å²) in [5.74, 6) is 0.940. The summed E-state index contributed by atoms with van der Waals surface area (Å²) in [7, 11) is 0. The number of halogens is 3. The van der Waals surface area contributed by atoms with Crippen molar-refractivity contribution in [2.75, 3.05) is 6.54 Å². The quantitative estimate of drug-likeness (QED) is 0.790. The molecule has 0 saturated heterocycles. The molecule has 0 bridgehead atoms. The van der Waals surface area contributed by atoms with Crippen LogP contribution in [0.3, 0.4) is 0 Å². The fraction of sp³-hybridized carbons (Fsp3) is 0.625. The Kier molecular flexibility index (Phi) is 5.14. The summed E-state index contributed by atoms with van der Waals surface area (Å²) < 4.78 is 41.0. The molecule has 1 aromatic carbocycles. The third-order valence-corrected chi connectivity index (χ3v) is 3.96. The standard InChI is InChI=1S/C16H22F3NO/c1-3-9-20-15(11(2)12-7-8-12)13-5-4-6-14(10-13)21-16(17,18)19/h4-6,10-12,15,20H,3,7-9H2,1-2H3. The van der Waals surface area contributed by atoms with Crippen molar-refractivity contribution in [3.05, 3.63) is 29.8 Å². The van der Waals surface area contributed by atoms with Gasteiger partial charge in [0.1, 0.15) is 5.75 Å². The van der Waals surface area contributed by atoms with Gasteiger partial charge < -0.3 is 10.1 Å².